The maximum absolute atomic E-state index is 12.1. The average molecular weight is 281 g/mol. The lowest BCUT2D eigenvalue weighted by Crippen LogP contribution is -2.52. The third-order valence-electron chi connectivity index (χ3n) is 4.37. The Morgan fingerprint density at radius 2 is 1.85 bits per heavy atom. The van der Waals surface area contributed by atoms with Gasteiger partial charge in [-0.2, -0.15) is 0 Å². The van der Waals surface area contributed by atoms with E-state index in [9.17, 15) is 9.59 Å². The van der Waals surface area contributed by atoms with Crippen molar-refractivity contribution in [1.29, 1.82) is 0 Å². The van der Waals surface area contributed by atoms with Crippen molar-refractivity contribution in [3.8, 4) is 0 Å². The summed E-state index contributed by atoms with van der Waals surface area (Å²) in [5.74, 6) is 0.0901. The highest BCUT2D eigenvalue weighted by atomic mass is 16.2. The van der Waals surface area contributed by atoms with Gasteiger partial charge in [-0.15, -0.1) is 0 Å². The molecule has 3 N–H and O–H groups in total. The van der Waals surface area contributed by atoms with Crippen molar-refractivity contribution >= 4 is 11.8 Å². The number of rotatable bonds is 4. The fraction of sp³-hybridized carbons (Fsp3) is 0.867. The monoisotopic (exact) mass is 281 g/mol. The Hall–Kier alpha value is -1.10. The van der Waals surface area contributed by atoms with Gasteiger partial charge in [0.05, 0.1) is 0 Å². The lowest BCUT2D eigenvalue weighted by molar-refractivity contribution is -0.131. The topological polar surface area (TPSA) is 70.2 Å². The molecule has 0 aromatic rings. The Bertz CT molecular complexity index is 334. The molecule has 2 aliphatic rings. The molecule has 1 saturated heterocycles. The number of carbonyl (C=O) groups is 2. The van der Waals surface area contributed by atoms with E-state index in [1.54, 1.807) is 6.92 Å². The third kappa shape index (κ3) is 4.47. The van der Waals surface area contributed by atoms with Gasteiger partial charge in [-0.3, -0.25) is 9.59 Å². The van der Waals surface area contributed by atoms with E-state index >= 15 is 0 Å². The largest absolute Gasteiger partial charge is 0.350 e. The smallest absolute Gasteiger partial charge is 0.242 e. The highest BCUT2D eigenvalue weighted by Crippen LogP contribution is 2.23. The van der Waals surface area contributed by atoms with Crippen LogP contribution in [-0.2, 0) is 9.59 Å². The molecule has 0 bridgehead atoms. The molecule has 20 heavy (non-hydrogen) atoms. The zero-order valence-corrected chi connectivity index (χ0v) is 12.4. The van der Waals surface area contributed by atoms with Gasteiger partial charge in [0.1, 0.15) is 6.04 Å². The second-order valence-corrected chi connectivity index (χ2v) is 6.12. The normalized spacial score (nSPS) is 25.8. The van der Waals surface area contributed by atoms with E-state index < -0.39 is 6.04 Å². The van der Waals surface area contributed by atoms with E-state index in [2.05, 4.69) is 16.0 Å². The molecule has 5 nitrogen and oxygen atoms in total. The molecule has 1 saturated carbocycles. The van der Waals surface area contributed by atoms with Crippen LogP contribution in [0.4, 0.5) is 0 Å². The highest BCUT2D eigenvalue weighted by molar-refractivity contribution is 5.88. The Kier molecular flexibility index (Phi) is 5.83. The van der Waals surface area contributed by atoms with Gasteiger partial charge in [0.15, 0.2) is 0 Å². The first-order valence-electron chi connectivity index (χ1n) is 7.98. The summed E-state index contributed by atoms with van der Waals surface area (Å²) in [7, 11) is 0. The minimum atomic E-state index is -0.439. The number of hydrogen-bond donors (Lipinski definition) is 3. The summed E-state index contributed by atoms with van der Waals surface area (Å²) in [5, 5.41) is 9.15. The van der Waals surface area contributed by atoms with Gasteiger partial charge >= 0.3 is 0 Å². The van der Waals surface area contributed by atoms with Crippen molar-refractivity contribution in [3.63, 3.8) is 0 Å². The first-order chi connectivity index (χ1) is 9.66. The lowest BCUT2D eigenvalue weighted by Gasteiger charge is -2.26. The van der Waals surface area contributed by atoms with Crippen LogP contribution in [-0.4, -0.2) is 37.0 Å². The summed E-state index contributed by atoms with van der Waals surface area (Å²) in [6.07, 6.45) is 7.53. The number of amides is 2. The minimum Gasteiger partial charge on any atom is -0.350 e. The molecule has 0 aromatic heterocycles. The van der Waals surface area contributed by atoms with Crippen molar-refractivity contribution < 1.29 is 9.59 Å². The second-order valence-electron chi connectivity index (χ2n) is 6.12. The number of carbonyl (C=O) groups excluding carboxylic acids is 2. The molecule has 2 atom stereocenters. The first-order valence-corrected chi connectivity index (χ1v) is 7.98. The molecule has 1 heterocycles. The molecule has 5 heteroatoms. The van der Waals surface area contributed by atoms with Crippen molar-refractivity contribution in [2.24, 2.45) is 5.92 Å². The Balaban J connectivity index is 1.73. The van der Waals surface area contributed by atoms with E-state index in [4.69, 9.17) is 0 Å². The van der Waals surface area contributed by atoms with Gasteiger partial charge in [0.2, 0.25) is 11.8 Å². The maximum Gasteiger partial charge on any atom is 0.242 e. The summed E-state index contributed by atoms with van der Waals surface area (Å²) in [6, 6.07) is -0.239. The lowest BCUT2D eigenvalue weighted by atomic mass is 9.88. The quantitative estimate of drug-likeness (QED) is 0.718. The van der Waals surface area contributed by atoms with Gasteiger partial charge in [0.25, 0.3) is 0 Å². The molecule has 1 aliphatic carbocycles. The Morgan fingerprint density at radius 1 is 1.10 bits per heavy atom. The maximum atomic E-state index is 12.1. The van der Waals surface area contributed by atoms with Gasteiger partial charge in [0, 0.05) is 18.5 Å². The van der Waals surface area contributed by atoms with Crippen molar-refractivity contribution in [2.75, 3.05) is 13.1 Å². The summed E-state index contributed by atoms with van der Waals surface area (Å²) >= 11 is 0. The molecular formula is C15H27N3O2. The van der Waals surface area contributed by atoms with Gasteiger partial charge < -0.3 is 16.0 Å². The Labute approximate surface area is 121 Å². The van der Waals surface area contributed by atoms with E-state index in [1.807, 2.05) is 0 Å². The molecule has 0 unspecified atom stereocenters. The molecule has 2 rings (SSSR count). The third-order valence-corrected chi connectivity index (χ3v) is 4.37. The van der Waals surface area contributed by atoms with E-state index in [0.717, 1.165) is 51.6 Å². The minimum absolute atomic E-state index is 0.0501. The van der Waals surface area contributed by atoms with Crippen LogP contribution in [0.5, 0.6) is 0 Å². The number of hydrogen-bond acceptors (Lipinski definition) is 3. The van der Waals surface area contributed by atoms with Crippen LogP contribution in [0.1, 0.15) is 51.9 Å². The summed E-state index contributed by atoms with van der Waals surface area (Å²) in [6.45, 7) is 3.63. The number of nitrogens with one attached hydrogen (secondary N) is 3. The van der Waals surface area contributed by atoms with Crippen LogP contribution in [0.2, 0.25) is 0 Å². The van der Waals surface area contributed by atoms with Crippen LogP contribution in [0.15, 0.2) is 0 Å². The van der Waals surface area contributed by atoms with Gasteiger partial charge in [-0.05, 0) is 39.2 Å². The SMILES string of the molecule is C[C@H](NC(=O)C1CCCCC1)C(=O)N[C@H]1CCCNC1. The fourth-order valence-corrected chi connectivity index (χ4v) is 3.06. The van der Waals surface area contributed by atoms with Crippen LogP contribution in [0.25, 0.3) is 0 Å². The predicted octanol–water partition coefficient (Wildman–Crippen LogP) is 0.940. The van der Waals surface area contributed by atoms with E-state index in [0.29, 0.717) is 0 Å². The molecule has 2 fully saturated rings. The van der Waals surface area contributed by atoms with Crippen molar-refractivity contribution in [1.82, 2.24) is 16.0 Å². The summed E-state index contributed by atoms with van der Waals surface area (Å²) < 4.78 is 0. The first kappa shape index (κ1) is 15.3. The molecule has 0 aromatic carbocycles. The van der Waals surface area contributed by atoms with Crippen LogP contribution in [0.3, 0.4) is 0 Å². The fourth-order valence-electron chi connectivity index (χ4n) is 3.06. The molecule has 2 amide bonds. The van der Waals surface area contributed by atoms with Crippen molar-refractivity contribution in [2.45, 2.75) is 64.0 Å². The summed E-state index contributed by atoms with van der Waals surface area (Å²) in [4.78, 5) is 24.2. The molecular weight excluding hydrogens is 254 g/mol. The molecule has 1 aliphatic heterocycles. The van der Waals surface area contributed by atoms with Crippen molar-refractivity contribution in [3.05, 3.63) is 0 Å². The van der Waals surface area contributed by atoms with Gasteiger partial charge in [-0.1, -0.05) is 19.3 Å². The summed E-state index contributed by atoms with van der Waals surface area (Å²) in [5.41, 5.74) is 0. The highest BCUT2D eigenvalue weighted by Gasteiger charge is 2.25. The zero-order chi connectivity index (χ0) is 14.4. The Morgan fingerprint density at radius 3 is 2.50 bits per heavy atom. The molecule has 0 spiro atoms. The zero-order valence-electron chi connectivity index (χ0n) is 12.4. The average Bonchev–Trinajstić information content (AvgIpc) is 2.49. The van der Waals surface area contributed by atoms with E-state index in [-0.39, 0.29) is 23.8 Å². The number of piperidine rings is 1. The molecule has 114 valence electrons. The standard InChI is InChI=1S/C15H27N3O2/c1-11(14(19)18-13-8-5-9-16-10-13)17-15(20)12-6-3-2-4-7-12/h11-13,16H,2-10H2,1H3,(H,17,20)(H,18,19)/t11-,13-/m0/s1. The van der Waals surface area contributed by atoms with Crippen LogP contribution in [0, 0.1) is 5.92 Å². The van der Waals surface area contributed by atoms with Gasteiger partial charge in [-0.25, -0.2) is 0 Å². The van der Waals surface area contributed by atoms with Crippen LogP contribution >= 0.6 is 0 Å². The van der Waals surface area contributed by atoms with Crippen LogP contribution < -0.4 is 16.0 Å². The second kappa shape index (κ2) is 7.62. The predicted molar refractivity (Wildman–Crippen MR) is 78.2 cm³/mol. The molecule has 0 radical (unpaired) electrons. The van der Waals surface area contributed by atoms with E-state index in [1.165, 1.54) is 6.42 Å².